The number of carbonyl (C=O) groups excluding carboxylic acids is 1. The van der Waals surface area contributed by atoms with Crippen molar-refractivity contribution in [3.05, 3.63) is 70.3 Å². The molecule has 0 atom stereocenters. The van der Waals surface area contributed by atoms with Gasteiger partial charge in [0.15, 0.2) is 0 Å². The van der Waals surface area contributed by atoms with Crippen molar-refractivity contribution < 1.29 is 13.7 Å². The summed E-state index contributed by atoms with van der Waals surface area (Å²) in [6.45, 7) is 3.33. The van der Waals surface area contributed by atoms with Gasteiger partial charge in [-0.05, 0) is 29.8 Å². The number of nitrogens with zero attached hydrogens (tertiary/aromatic N) is 4. The number of rotatable bonds is 5. The summed E-state index contributed by atoms with van der Waals surface area (Å²) in [7, 11) is 0. The van der Waals surface area contributed by atoms with Crippen molar-refractivity contribution in [3.63, 3.8) is 0 Å². The summed E-state index contributed by atoms with van der Waals surface area (Å²) in [5, 5.41) is 4.06. The van der Waals surface area contributed by atoms with Gasteiger partial charge in [-0.15, -0.1) is 0 Å². The Hall–Kier alpha value is -2.58. The van der Waals surface area contributed by atoms with E-state index in [-0.39, 0.29) is 11.7 Å². The first kappa shape index (κ1) is 19.7. The molecule has 150 valence electrons. The van der Waals surface area contributed by atoms with Crippen LogP contribution in [0.2, 0.25) is 0 Å². The Morgan fingerprint density at radius 1 is 1.10 bits per heavy atom. The van der Waals surface area contributed by atoms with Crippen molar-refractivity contribution in [1.29, 1.82) is 0 Å². The highest BCUT2D eigenvalue weighted by Gasteiger charge is 2.22. The summed E-state index contributed by atoms with van der Waals surface area (Å²) < 4.78 is 19.4. The van der Waals surface area contributed by atoms with Crippen LogP contribution < -0.4 is 0 Å². The third-order valence-corrected chi connectivity index (χ3v) is 5.40. The molecule has 8 heteroatoms. The molecular formula is C21H20BrFN4O2. The Morgan fingerprint density at radius 3 is 2.59 bits per heavy atom. The SMILES string of the molecule is O=C(Cc1ccc(F)cc1)N1CCN(Cc2nc(-c3cccc(Br)c3)no2)CC1. The second kappa shape index (κ2) is 8.84. The molecule has 4 rings (SSSR count). The van der Waals surface area contributed by atoms with E-state index in [0.29, 0.717) is 37.8 Å². The maximum atomic E-state index is 13.0. The lowest BCUT2D eigenvalue weighted by atomic mass is 10.1. The monoisotopic (exact) mass is 458 g/mol. The van der Waals surface area contributed by atoms with Crippen LogP contribution in [0.15, 0.2) is 57.5 Å². The van der Waals surface area contributed by atoms with Crippen LogP contribution in [0.25, 0.3) is 11.4 Å². The van der Waals surface area contributed by atoms with E-state index in [0.717, 1.165) is 28.7 Å². The van der Waals surface area contributed by atoms with Crippen LogP contribution in [-0.2, 0) is 17.8 Å². The van der Waals surface area contributed by atoms with E-state index in [2.05, 4.69) is 31.0 Å². The Kier molecular flexibility index (Phi) is 6.01. The van der Waals surface area contributed by atoms with Crippen molar-refractivity contribution in [1.82, 2.24) is 19.9 Å². The van der Waals surface area contributed by atoms with Gasteiger partial charge in [-0.25, -0.2) is 4.39 Å². The highest BCUT2D eigenvalue weighted by Crippen LogP contribution is 2.21. The highest BCUT2D eigenvalue weighted by atomic mass is 79.9. The lowest BCUT2D eigenvalue weighted by Crippen LogP contribution is -2.48. The smallest absolute Gasteiger partial charge is 0.241 e. The molecule has 0 spiro atoms. The van der Waals surface area contributed by atoms with Crippen molar-refractivity contribution in [2.45, 2.75) is 13.0 Å². The summed E-state index contributed by atoms with van der Waals surface area (Å²) in [5.41, 5.74) is 1.72. The molecular weight excluding hydrogens is 439 g/mol. The van der Waals surface area contributed by atoms with Crippen LogP contribution in [0.3, 0.4) is 0 Å². The predicted octanol–water partition coefficient (Wildman–Crippen LogP) is 3.53. The highest BCUT2D eigenvalue weighted by molar-refractivity contribution is 9.10. The summed E-state index contributed by atoms with van der Waals surface area (Å²) in [6, 6.07) is 13.8. The summed E-state index contributed by atoms with van der Waals surface area (Å²) in [6.07, 6.45) is 0.292. The Labute approximate surface area is 176 Å². The van der Waals surface area contributed by atoms with Crippen molar-refractivity contribution in [2.75, 3.05) is 26.2 Å². The summed E-state index contributed by atoms with van der Waals surface area (Å²) >= 11 is 3.44. The molecule has 1 saturated heterocycles. The standard InChI is InChI=1S/C21H20BrFN4O2/c22-17-3-1-2-16(13-17)21-24-19(29-25-21)14-26-8-10-27(11-9-26)20(28)12-15-4-6-18(23)7-5-15/h1-7,13H,8-12,14H2. The zero-order valence-electron chi connectivity index (χ0n) is 15.7. The molecule has 2 aromatic carbocycles. The van der Waals surface area contributed by atoms with Crippen LogP contribution in [0, 0.1) is 5.82 Å². The van der Waals surface area contributed by atoms with Crippen LogP contribution in [0.4, 0.5) is 4.39 Å². The minimum atomic E-state index is -0.293. The van der Waals surface area contributed by atoms with Gasteiger partial charge in [0.2, 0.25) is 17.6 Å². The van der Waals surface area contributed by atoms with Gasteiger partial charge in [0.05, 0.1) is 13.0 Å². The minimum absolute atomic E-state index is 0.0611. The van der Waals surface area contributed by atoms with Crippen molar-refractivity contribution in [3.8, 4) is 11.4 Å². The van der Waals surface area contributed by atoms with Gasteiger partial charge < -0.3 is 9.42 Å². The molecule has 0 N–H and O–H groups in total. The fourth-order valence-electron chi connectivity index (χ4n) is 3.30. The van der Waals surface area contributed by atoms with Gasteiger partial charge in [0.1, 0.15) is 5.82 Å². The van der Waals surface area contributed by atoms with Gasteiger partial charge >= 0.3 is 0 Å². The topological polar surface area (TPSA) is 62.5 Å². The number of aromatic nitrogens is 2. The van der Waals surface area contributed by atoms with E-state index in [1.807, 2.05) is 29.2 Å². The first-order valence-corrected chi connectivity index (χ1v) is 10.2. The second-order valence-electron chi connectivity index (χ2n) is 6.98. The molecule has 1 fully saturated rings. The summed E-state index contributed by atoms with van der Waals surface area (Å²) in [4.78, 5) is 21.0. The average molecular weight is 459 g/mol. The molecule has 29 heavy (non-hydrogen) atoms. The van der Waals surface area contributed by atoms with Gasteiger partial charge in [-0.1, -0.05) is 45.4 Å². The molecule has 2 heterocycles. The van der Waals surface area contributed by atoms with E-state index in [4.69, 9.17) is 4.52 Å². The molecule has 3 aromatic rings. The van der Waals surface area contributed by atoms with E-state index >= 15 is 0 Å². The van der Waals surface area contributed by atoms with Gasteiger partial charge in [0, 0.05) is 36.2 Å². The van der Waals surface area contributed by atoms with Crippen LogP contribution in [0.5, 0.6) is 0 Å². The van der Waals surface area contributed by atoms with Crippen LogP contribution >= 0.6 is 15.9 Å². The first-order chi connectivity index (χ1) is 14.1. The molecule has 0 radical (unpaired) electrons. The quantitative estimate of drug-likeness (QED) is 0.585. The first-order valence-electron chi connectivity index (χ1n) is 9.40. The molecule has 0 unspecified atom stereocenters. The van der Waals surface area contributed by atoms with Gasteiger partial charge in [0.25, 0.3) is 0 Å². The fourth-order valence-corrected chi connectivity index (χ4v) is 3.70. The van der Waals surface area contributed by atoms with Crippen LogP contribution in [0.1, 0.15) is 11.5 Å². The lowest BCUT2D eigenvalue weighted by Gasteiger charge is -2.34. The van der Waals surface area contributed by atoms with E-state index in [9.17, 15) is 9.18 Å². The maximum absolute atomic E-state index is 13.0. The fraction of sp³-hybridized carbons (Fsp3) is 0.286. The summed E-state index contributed by atoms with van der Waals surface area (Å²) in [5.74, 6) is 0.894. The third-order valence-electron chi connectivity index (χ3n) is 4.90. The Bertz CT molecular complexity index is 984. The van der Waals surface area contributed by atoms with E-state index in [1.165, 1.54) is 12.1 Å². The number of hydrogen-bond acceptors (Lipinski definition) is 5. The molecule has 1 amide bonds. The van der Waals surface area contributed by atoms with Crippen LogP contribution in [-0.4, -0.2) is 52.0 Å². The molecule has 6 nitrogen and oxygen atoms in total. The predicted molar refractivity (Wildman–Crippen MR) is 109 cm³/mol. The maximum Gasteiger partial charge on any atom is 0.241 e. The Balaban J connectivity index is 1.29. The lowest BCUT2D eigenvalue weighted by molar-refractivity contribution is -0.132. The Morgan fingerprint density at radius 2 is 1.86 bits per heavy atom. The van der Waals surface area contributed by atoms with Gasteiger partial charge in [-0.2, -0.15) is 4.98 Å². The normalized spacial score (nSPS) is 14.9. The number of halogens is 2. The van der Waals surface area contributed by atoms with E-state index < -0.39 is 0 Å². The number of benzene rings is 2. The van der Waals surface area contributed by atoms with E-state index in [1.54, 1.807) is 12.1 Å². The number of piperazine rings is 1. The van der Waals surface area contributed by atoms with Crippen molar-refractivity contribution >= 4 is 21.8 Å². The zero-order valence-corrected chi connectivity index (χ0v) is 17.3. The minimum Gasteiger partial charge on any atom is -0.340 e. The zero-order chi connectivity index (χ0) is 20.2. The average Bonchev–Trinajstić information content (AvgIpc) is 3.19. The molecule has 0 saturated carbocycles. The molecule has 1 aliphatic rings. The second-order valence-corrected chi connectivity index (χ2v) is 7.90. The molecule has 1 aliphatic heterocycles. The van der Waals surface area contributed by atoms with Gasteiger partial charge in [-0.3, -0.25) is 9.69 Å². The number of carbonyl (C=O) groups is 1. The third kappa shape index (κ3) is 5.07. The molecule has 1 aromatic heterocycles. The largest absolute Gasteiger partial charge is 0.340 e. The number of amides is 1. The number of hydrogen-bond donors (Lipinski definition) is 0. The molecule has 0 bridgehead atoms. The molecule has 0 aliphatic carbocycles. The van der Waals surface area contributed by atoms with Crippen molar-refractivity contribution in [2.24, 2.45) is 0 Å².